The molecule has 1 N–H and O–H groups in total. The van der Waals surface area contributed by atoms with Gasteiger partial charge in [0.2, 0.25) is 5.91 Å². The molecule has 0 spiro atoms. The van der Waals surface area contributed by atoms with E-state index in [1.807, 2.05) is 19.9 Å². The van der Waals surface area contributed by atoms with Crippen molar-refractivity contribution in [3.05, 3.63) is 80.9 Å². The highest BCUT2D eigenvalue weighted by atomic mass is 16.2. The van der Waals surface area contributed by atoms with Crippen molar-refractivity contribution in [2.45, 2.75) is 26.9 Å². The van der Waals surface area contributed by atoms with Crippen LogP contribution in [0.5, 0.6) is 0 Å². The molecular weight excluding hydrogens is 398 g/mol. The number of amides is 1. The average Bonchev–Trinajstić information content (AvgIpc) is 3.09. The summed E-state index contributed by atoms with van der Waals surface area (Å²) < 4.78 is 4.18. The topological polar surface area (TPSA) is 117 Å². The van der Waals surface area contributed by atoms with Crippen LogP contribution in [-0.2, 0) is 17.9 Å². The normalized spacial score (nSPS) is 11.0. The minimum absolute atomic E-state index is 0.162. The molecular formula is C21H21N7O3. The number of nitrogens with zero attached hydrogens (tertiary/aromatic N) is 6. The van der Waals surface area contributed by atoms with Crippen molar-refractivity contribution < 1.29 is 4.79 Å². The number of hydrogen-bond acceptors (Lipinski definition) is 6. The lowest BCUT2D eigenvalue weighted by Crippen LogP contribution is -2.36. The summed E-state index contributed by atoms with van der Waals surface area (Å²) in [6, 6.07) is 11.9. The van der Waals surface area contributed by atoms with Crippen LogP contribution in [0.4, 0.5) is 0 Å². The van der Waals surface area contributed by atoms with E-state index < -0.39 is 0 Å². The molecule has 4 rings (SSSR count). The van der Waals surface area contributed by atoms with Crippen molar-refractivity contribution in [3.8, 4) is 5.82 Å². The summed E-state index contributed by atoms with van der Waals surface area (Å²) in [6.07, 6.45) is 1.36. The van der Waals surface area contributed by atoms with Gasteiger partial charge in [-0.05, 0) is 38.1 Å². The third kappa shape index (κ3) is 4.27. The van der Waals surface area contributed by atoms with Gasteiger partial charge in [-0.2, -0.15) is 5.10 Å². The van der Waals surface area contributed by atoms with Gasteiger partial charge in [-0.3, -0.25) is 19.0 Å². The fraction of sp³-hybridized carbons (Fsp3) is 0.238. The van der Waals surface area contributed by atoms with Gasteiger partial charge in [0, 0.05) is 18.3 Å². The fourth-order valence-corrected chi connectivity index (χ4v) is 3.30. The molecule has 158 valence electrons. The molecule has 0 atom stereocenters. The summed E-state index contributed by atoms with van der Waals surface area (Å²) in [4.78, 5) is 41.1. The van der Waals surface area contributed by atoms with Crippen LogP contribution < -0.4 is 16.4 Å². The van der Waals surface area contributed by atoms with E-state index >= 15 is 0 Å². The second kappa shape index (κ2) is 8.34. The second-order valence-corrected chi connectivity index (χ2v) is 7.14. The van der Waals surface area contributed by atoms with Crippen LogP contribution in [-0.4, -0.2) is 41.6 Å². The number of carbonyl (C=O) groups excluding carboxylic acids is 1. The molecule has 1 aromatic carbocycles. The number of aromatic nitrogens is 6. The first kappa shape index (κ1) is 20.2. The number of hydrogen-bond donors (Lipinski definition) is 1. The zero-order valence-electron chi connectivity index (χ0n) is 17.1. The van der Waals surface area contributed by atoms with Gasteiger partial charge < -0.3 is 5.32 Å². The van der Waals surface area contributed by atoms with E-state index in [2.05, 4.69) is 20.5 Å². The van der Waals surface area contributed by atoms with Crippen LogP contribution in [0.2, 0.25) is 0 Å². The van der Waals surface area contributed by atoms with Gasteiger partial charge in [0.05, 0.1) is 29.5 Å². The average molecular weight is 419 g/mol. The predicted octanol–water partition coefficient (Wildman–Crippen LogP) is 0.572. The molecule has 4 aromatic rings. The Bertz CT molecular complexity index is 1380. The molecule has 10 nitrogen and oxygen atoms in total. The Kier molecular flexibility index (Phi) is 5.44. The van der Waals surface area contributed by atoms with Crippen LogP contribution >= 0.6 is 0 Å². The van der Waals surface area contributed by atoms with Crippen molar-refractivity contribution in [2.75, 3.05) is 6.54 Å². The van der Waals surface area contributed by atoms with Gasteiger partial charge in [0.15, 0.2) is 5.82 Å². The highest BCUT2D eigenvalue weighted by Crippen LogP contribution is 2.08. The highest BCUT2D eigenvalue weighted by Gasteiger charge is 2.10. The van der Waals surface area contributed by atoms with Crippen LogP contribution in [0, 0.1) is 13.8 Å². The molecule has 0 radical (unpaired) electrons. The number of aryl methyl sites for hydroxylation is 2. The van der Waals surface area contributed by atoms with Crippen molar-refractivity contribution >= 4 is 16.8 Å². The number of para-hydroxylation sites is 1. The Morgan fingerprint density at radius 3 is 2.65 bits per heavy atom. The lowest BCUT2D eigenvalue weighted by atomic mass is 10.2. The molecule has 3 aromatic heterocycles. The molecule has 0 aliphatic rings. The Balaban J connectivity index is 1.41. The van der Waals surface area contributed by atoms with Crippen LogP contribution in [0.25, 0.3) is 16.7 Å². The van der Waals surface area contributed by atoms with Gasteiger partial charge in [-0.25, -0.2) is 14.3 Å². The second-order valence-electron chi connectivity index (χ2n) is 7.14. The zero-order valence-corrected chi connectivity index (χ0v) is 17.1. The van der Waals surface area contributed by atoms with E-state index in [9.17, 15) is 14.4 Å². The molecule has 0 aliphatic heterocycles. The van der Waals surface area contributed by atoms with Gasteiger partial charge >= 0.3 is 0 Å². The van der Waals surface area contributed by atoms with E-state index in [0.717, 1.165) is 11.4 Å². The fourth-order valence-electron chi connectivity index (χ4n) is 3.30. The number of rotatable bonds is 6. The number of nitrogens with one attached hydrogen (secondary N) is 1. The molecule has 3 heterocycles. The van der Waals surface area contributed by atoms with Crippen molar-refractivity contribution in [1.82, 2.24) is 34.4 Å². The van der Waals surface area contributed by atoms with Crippen LogP contribution in [0.15, 0.2) is 58.4 Å². The van der Waals surface area contributed by atoms with Gasteiger partial charge in [0.1, 0.15) is 6.54 Å². The van der Waals surface area contributed by atoms with Crippen molar-refractivity contribution in [2.24, 2.45) is 0 Å². The van der Waals surface area contributed by atoms with Gasteiger partial charge in [-0.15, -0.1) is 5.10 Å². The van der Waals surface area contributed by atoms with Crippen LogP contribution in [0.3, 0.4) is 0 Å². The van der Waals surface area contributed by atoms with Gasteiger partial charge in [-0.1, -0.05) is 12.1 Å². The molecule has 0 saturated heterocycles. The molecule has 0 aliphatic carbocycles. The van der Waals surface area contributed by atoms with Crippen molar-refractivity contribution in [1.29, 1.82) is 0 Å². The number of carbonyl (C=O) groups is 1. The van der Waals surface area contributed by atoms with E-state index in [-0.39, 0.29) is 36.7 Å². The highest BCUT2D eigenvalue weighted by molar-refractivity contribution is 5.78. The van der Waals surface area contributed by atoms with Crippen LogP contribution in [0.1, 0.15) is 11.4 Å². The standard InChI is InChI=1S/C21H21N7O3/c1-14-11-15(2)28(24-14)18-7-8-20(30)27(25-18)10-9-22-19(29)12-26-13-23-17-6-4-3-5-16(17)21(26)31/h3-8,11,13H,9-10,12H2,1-2H3,(H,22,29). The summed E-state index contributed by atoms with van der Waals surface area (Å²) in [5, 5.41) is 11.9. The molecule has 1 amide bonds. The summed E-state index contributed by atoms with van der Waals surface area (Å²) in [7, 11) is 0. The molecule has 0 fully saturated rings. The van der Waals surface area contributed by atoms with Crippen molar-refractivity contribution in [3.63, 3.8) is 0 Å². The maximum Gasteiger partial charge on any atom is 0.266 e. The lowest BCUT2D eigenvalue weighted by molar-refractivity contribution is -0.121. The lowest BCUT2D eigenvalue weighted by Gasteiger charge is -2.10. The Hall–Kier alpha value is -4.08. The maximum absolute atomic E-state index is 12.5. The smallest absolute Gasteiger partial charge is 0.266 e. The number of benzene rings is 1. The quantitative estimate of drug-likeness (QED) is 0.488. The summed E-state index contributed by atoms with van der Waals surface area (Å²) in [5.74, 6) is 0.159. The third-order valence-corrected chi connectivity index (χ3v) is 4.77. The Labute approximate surface area is 176 Å². The largest absolute Gasteiger partial charge is 0.353 e. The van der Waals surface area contributed by atoms with E-state index in [0.29, 0.717) is 16.7 Å². The number of fused-ring (bicyclic) bond motifs is 1. The SMILES string of the molecule is Cc1cc(C)n(-c2ccc(=O)n(CCNC(=O)Cn3cnc4ccccc4c3=O)n2)n1. The summed E-state index contributed by atoms with van der Waals surface area (Å²) in [5.41, 5.74) is 1.77. The van der Waals surface area contributed by atoms with E-state index in [1.165, 1.54) is 21.6 Å². The molecule has 0 saturated carbocycles. The molecule has 10 heteroatoms. The summed E-state index contributed by atoms with van der Waals surface area (Å²) >= 11 is 0. The van der Waals surface area contributed by atoms with Gasteiger partial charge in [0.25, 0.3) is 11.1 Å². The first-order valence-electron chi connectivity index (χ1n) is 9.75. The monoisotopic (exact) mass is 419 g/mol. The minimum Gasteiger partial charge on any atom is -0.353 e. The zero-order chi connectivity index (χ0) is 22.0. The molecule has 0 bridgehead atoms. The summed E-state index contributed by atoms with van der Waals surface area (Å²) in [6.45, 7) is 3.99. The maximum atomic E-state index is 12.5. The minimum atomic E-state index is -0.359. The van der Waals surface area contributed by atoms with E-state index in [4.69, 9.17) is 0 Å². The van der Waals surface area contributed by atoms with E-state index in [1.54, 1.807) is 35.0 Å². The molecule has 0 unspecified atom stereocenters. The first-order chi connectivity index (χ1) is 14.9. The Morgan fingerprint density at radius 1 is 1.06 bits per heavy atom. The predicted molar refractivity (Wildman–Crippen MR) is 114 cm³/mol. The molecule has 31 heavy (non-hydrogen) atoms. The third-order valence-electron chi connectivity index (χ3n) is 4.77. The first-order valence-corrected chi connectivity index (χ1v) is 9.75. The Morgan fingerprint density at radius 2 is 1.87 bits per heavy atom.